The maximum absolute atomic E-state index is 13.2. The van der Waals surface area contributed by atoms with Crippen molar-refractivity contribution in [1.82, 2.24) is 0 Å². The summed E-state index contributed by atoms with van der Waals surface area (Å²) in [5.74, 6) is 2.11. The van der Waals surface area contributed by atoms with E-state index >= 15 is 0 Å². The van der Waals surface area contributed by atoms with Crippen LogP contribution in [0, 0.1) is 0 Å². The molecule has 6 heteroatoms. The summed E-state index contributed by atoms with van der Waals surface area (Å²) in [6, 6.07) is 29.8. The second-order valence-electron chi connectivity index (χ2n) is 11.1. The minimum atomic E-state index is -3.62. The Morgan fingerprint density at radius 3 is 1.43 bits per heavy atom. The molecule has 0 saturated carbocycles. The molecule has 0 spiro atoms. The fourth-order valence-corrected chi connectivity index (χ4v) is 6.37. The van der Waals surface area contributed by atoms with Crippen molar-refractivity contribution in [3.8, 4) is 17.2 Å². The topological polar surface area (TPSA) is 52.6 Å². The lowest BCUT2D eigenvalue weighted by Gasteiger charge is -2.27. The van der Waals surface area contributed by atoms with Crippen LogP contribution in [0.2, 0.25) is 0 Å². The van der Waals surface area contributed by atoms with Crippen LogP contribution in [-0.4, -0.2) is 14.0 Å². The van der Waals surface area contributed by atoms with Crippen molar-refractivity contribution in [2.24, 2.45) is 0 Å². The SMILES string of the molecule is CCC(C)(CC)c1ccc(S(=O)(=O)c2ccc(Oc3ccc(Sc4ccc(OC(C)(C)C)cc4)cc3)cc2)cc1. The van der Waals surface area contributed by atoms with Gasteiger partial charge in [-0.15, -0.1) is 0 Å². The number of ether oxygens (including phenoxy) is 2. The molecule has 0 aliphatic rings. The summed E-state index contributed by atoms with van der Waals surface area (Å²) in [4.78, 5) is 2.74. The molecule has 0 atom stereocenters. The van der Waals surface area contributed by atoms with E-state index in [0.29, 0.717) is 16.4 Å². The van der Waals surface area contributed by atoms with E-state index in [9.17, 15) is 8.42 Å². The Labute approximate surface area is 243 Å². The first kappa shape index (κ1) is 29.8. The molecule has 40 heavy (non-hydrogen) atoms. The molecular formula is C34H38O4S2. The summed E-state index contributed by atoms with van der Waals surface area (Å²) in [7, 11) is -3.62. The van der Waals surface area contributed by atoms with Crippen molar-refractivity contribution >= 4 is 21.6 Å². The number of benzene rings is 4. The molecule has 0 radical (unpaired) electrons. The minimum Gasteiger partial charge on any atom is -0.488 e. The van der Waals surface area contributed by atoms with Crippen molar-refractivity contribution in [2.75, 3.05) is 0 Å². The highest BCUT2D eigenvalue weighted by Crippen LogP contribution is 2.34. The van der Waals surface area contributed by atoms with Gasteiger partial charge in [-0.05, 0) is 130 Å². The second kappa shape index (κ2) is 12.1. The second-order valence-corrected chi connectivity index (χ2v) is 14.2. The van der Waals surface area contributed by atoms with Crippen molar-refractivity contribution in [1.29, 1.82) is 0 Å². The Kier molecular flexibility index (Phi) is 9.01. The van der Waals surface area contributed by atoms with Crippen molar-refractivity contribution in [3.05, 3.63) is 103 Å². The molecule has 4 aromatic rings. The molecule has 4 aromatic carbocycles. The van der Waals surface area contributed by atoms with Gasteiger partial charge >= 0.3 is 0 Å². The fourth-order valence-electron chi connectivity index (χ4n) is 4.29. The first-order valence-corrected chi connectivity index (χ1v) is 15.9. The Balaban J connectivity index is 1.39. The lowest BCUT2D eigenvalue weighted by molar-refractivity contribution is 0.131. The van der Waals surface area contributed by atoms with Crippen LogP contribution in [0.5, 0.6) is 17.2 Å². The van der Waals surface area contributed by atoms with Gasteiger partial charge in [-0.3, -0.25) is 0 Å². The number of hydrogen-bond donors (Lipinski definition) is 0. The van der Waals surface area contributed by atoms with Gasteiger partial charge in [-0.1, -0.05) is 44.7 Å². The van der Waals surface area contributed by atoms with E-state index in [4.69, 9.17) is 9.47 Å². The van der Waals surface area contributed by atoms with E-state index in [0.717, 1.165) is 33.9 Å². The quantitative estimate of drug-likeness (QED) is 0.189. The molecule has 0 bridgehead atoms. The Hall–Kier alpha value is -3.22. The van der Waals surface area contributed by atoms with Crippen LogP contribution < -0.4 is 9.47 Å². The monoisotopic (exact) mass is 574 g/mol. The predicted molar refractivity (Wildman–Crippen MR) is 164 cm³/mol. The summed E-state index contributed by atoms with van der Waals surface area (Å²) in [5.41, 5.74) is 0.982. The summed E-state index contributed by atoms with van der Waals surface area (Å²) in [6.45, 7) is 12.6. The molecule has 4 rings (SSSR count). The minimum absolute atomic E-state index is 0.0468. The highest BCUT2D eigenvalue weighted by atomic mass is 32.2. The fraction of sp³-hybridized carbons (Fsp3) is 0.294. The molecule has 0 aromatic heterocycles. The van der Waals surface area contributed by atoms with Gasteiger partial charge in [-0.2, -0.15) is 0 Å². The van der Waals surface area contributed by atoms with Crippen LogP contribution in [0.25, 0.3) is 0 Å². The summed E-state index contributed by atoms with van der Waals surface area (Å²) >= 11 is 1.66. The van der Waals surface area contributed by atoms with Crippen molar-refractivity contribution in [3.63, 3.8) is 0 Å². The van der Waals surface area contributed by atoms with Gasteiger partial charge in [0.2, 0.25) is 9.84 Å². The van der Waals surface area contributed by atoms with E-state index in [1.54, 1.807) is 48.2 Å². The summed E-state index contributed by atoms with van der Waals surface area (Å²) in [6.07, 6.45) is 2.00. The molecule has 4 nitrogen and oxygen atoms in total. The molecule has 0 amide bonds. The first-order chi connectivity index (χ1) is 18.9. The zero-order valence-corrected chi connectivity index (χ0v) is 25.7. The molecule has 0 heterocycles. The molecule has 0 aliphatic carbocycles. The van der Waals surface area contributed by atoms with E-state index in [1.165, 1.54) is 0 Å². The number of sulfone groups is 1. The van der Waals surface area contributed by atoms with Crippen LogP contribution in [0.15, 0.2) is 117 Å². The lowest BCUT2D eigenvalue weighted by Crippen LogP contribution is -2.22. The molecule has 0 fully saturated rings. The van der Waals surface area contributed by atoms with Crippen molar-refractivity contribution < 1.29 is 17.9 Å². The molecule has 0 saturated heterocycles. The zero-order chi connectivity index (χ0) is 29.0. The van der Waals surface area contributed by atoms with Gasteiger partial charge in [0.1, 0.15) is 22.8 Å². The predicted octanol–water partition coefficient (Wildman–Crippen LogP) is 9.72. The van der Waals surface area contributed by atoms with E-state index < -0.39 is 9.84 Å². The van der Waals surface area contributed by atoms with E-state index in [1.807, 2.05) is 81.4 Å². The van der Waals surface area contributed by atoms with Gasteiger partial charge in [0.15, 0.2) is 0 Å². The van der Waals surface area contributed by atoms with Gasteiger partial charge in [0.05, 0.1) is 9.79 Å². The Morgan fingerprint density at radius 1 is 0.600 bits per heavy atom. The Bertz CT molecular complexity index is 1500. The van der Waals surface area contributed by atoms with Crippen molar-refractivity contribution in [2.45, 2.75) is 85.0 Å². The third-order valence-corrected chi connectivity index (χ3v) is 9.90. The zero-order valence-electron chi connectivity index (χ0n) is 24.1. The summed E-state index contributed by atoms with van der Waals surface area (Å²) in [5, 5.41) is 0. The average Bonchev–Trinajstić information content (AvgIpc) is 2.94. The Morgan fingerprint density at radius 2 is 1.00 bits per heavy atom. The van der Waals surface area contributed by atoms with Gasteiger partial charge < -0.3 is 9.47 Å². The molecule has 210 valence electrons. The third-order valence-electron chi connectivity index (χ3n) is 7.10. The van der Waals surface area contributed by atoms with Crippen LogP contribution in [0.1, 0.15) is 59.9 Å². The average molecular weight is 575 g/mol. The maximum Gasteiger partial charge on any atom is 0.206 e. The molecule has 0 unspecified atom stereocenters. The van der Waals surface area contributed by atoms with Crippen LogP contribution in [0.3, 0.4) is 0 Å². The van der Waals surface area contributed by atoms with E-state index in [2.05, 4.69) is 20.8 Å². The van der Waals surface area contributed by atoms with Gasteiger partial charge in [0.25, 0.3) is 0 Å². The summed E-state index contributed by atoms with van der Waals surface area (Å²) < 4.78 is 38.3. The largest absolute Gasteiger partial charge is 0.488 e. The first-order valence-electron chi connectivity index (χ1n) is 13.6. The molecular weight excluding hydrogens is 537 g/mol. The highest BCUT2D eigenvalue weighted by molar-refractivity contribution is 7.99. The van der Waals surface area contributed by atoms with E-state index in [-0.39, 0.29) is 15.9 Å². The smallest absolute Gasteiger partial charge is 0.206 e. The third kappa shape index (κ3) is 7.29. The lowest BCUT2D eigenvalue weighted by atomic mass is 9.78. The van der Waals surface area contributed by atoms with Gasteiger partial charge in [0, 0.05) is 9.79 Å². The van der Waals surface area contributed by atoms with Crippen LogP contribution in [-0.2, 0) is 15.3 Å². The maximum atomic E-state index is 13.2. The normalized spacial score (nSPS) is 12.2. The standard InChI is InChI=1S/C34H38O4S2/c1-7-34(6,8-2)25-9-21-31(22-10-25)40(35,36)32-23-15-27(16-24-32)37-26-11-17-29(18-12-26)39-30-19-13-28(14-20-30)38-33(3,4)5/h9-24H,7-8H2,1-6H3. The van der Waals surface area contributed by atoms with Gasteiger partial charge in [-0.25, -0.2) is 8.42 Å². The van der Waals surface area contributed by atoms with Crippen LogP contribution in [0.4, 0.5) is 0 Å². The molecule has 0 aliphatic heterocycles. The number of hydrogen-bond acceptors (Lipinski definition) is 5. The highest BCUT2D eigenvalue weighted by Gasteiger charge is 2.24. The van der Waals surface area contributed by atoms with Crippen LogP contribution >= 0.6 is 11.8 Å². The number of rotatable bonds is 10. The molecule has 0 N–H and O–H groups in total.